The van der Waals surface area contributed by atoms with Crippen LogP contribution in [0, 0.1) is 0 Å². The molecule has 0 saturated carbocycles. The fraction of sp³-hybridized carbons (Fsp3) is 0.800. The van der Waals surface area contributed by atoms with Gasteiger partial charge in [0, 0.05) is 19.5 Å². The van der Waals surface area contributed by atoms with Crippen molar-refractivity contribution in [1.82, 2.24) is 10.0 Å². The second-order valence-electron chi connectivity index (χ2n) is 4.18. The molecule has 0 spiro atoms. The molecule has 4 nitrogen and oxygen atoms in total. The molecular weight excluding hydrogens is 305 g/mol. The zero-order valence-electron chi connectivity index (χ0n) is 10.3. The Morgan fingerprint density at radius 3 is 2.58 bits per heavy atom. The minimum Gasteiger partial charge on any atom is -0.313 e. The highest BCUT2D eigenvalue weighted by Crippen LogP contribution is 2.21. The van der Waals surface area contributed by atoms with Crippen molar-refractivity contribution in [2.24, 2.45) is 0 Å². The molecule has 0 aromatic heterocycles. The van der Waals surface area contributed by atoms with E-state index in [0.29, 0.717) is 6.54 Å². The van der Waals surface area contributed by atoms with E-state index in [9.17, 15) is 21.6 Å². The molecule has 19 heavy (non-hydrogen) atoms. The standard InChI is InChI=1S/C10H17F3N2O2S.ClH/c11-10(12,13)4-1-7-18(16,17)15-8-9-2-5-14-6-3-9;/h2,14-15H,1,3-8H2;1H. The van der Waals surface area contributed by atoms with Crippen LogP contribution in [-0.2, 0) is 10.0 Å². The summed E-state index contributed by atoms with van der Waals surface area (Å²) in [6, 6.07) is 0. The van der Waals surface area contributed by atoms with E-state index in [1.807, 2.05) is 6.08 Å². The van der Waals surface area contributed by atoms with Crippen LogP contribution in [0.25, 0.3) is 0 Å². The lowest BCUT2D eigenvalue weighted by molar-refractivity contribution is -0.134. The van der Waals surface area contributed by atoms with E-state index >= 15 is 0 Å². The first-order valence-electron chi connectivity index (χ1n) is 5.71. The smallest absolute Gasteiger partial charge is 0.313 e. The molecule has 0 amide bonds. The van der Waals surface area contributed by atoms with E-state index in [0.717, 1.165) is 18.5 Å². The van der Waals surface area contributed by atoms with Crippen molar-refractivity contribution >= 4 is 22.4 Å². The Bertz CT molecular complexity index is 396. The van der Waals surface area contributed by atoms with Gasteiger partial charge in [-0.25, -0.2) is 13.1 Å². The first-order chi connectivity index (χ1) is 8.29. The predicted molar refractivity (Wildman–Crippen MR) is 69.9 cm³/mol. The fourth-order valence-corrected chi connectivity index (χ4v) is 2.64. The van der Waals surface area contributed by atoms with Gasteiger partial charge in [0.25, 0.3) is 0 Å². The van der Waals surface area contributed by atoms with Crippen molar-refractivity contribution < 1.29 is 21.6 Å². The van der Waals surface area contributed by atoms with E-state index in [1.165, 1.54) is 0 Å². The van der Waals surface area contributed by atoms with Crippen molar-refractivity contribution in [3.63, 3.8) is 0 Å². The Morgan fingerprint density at radius 1 is 1.37 bits per heavy atom. The SMILES string of the molecule is Cl.O=S(=O)(CCCC(F)(F)F)NCC1=CCNCC1. The van der Waals surface area contributed by atoms with Gasteiger partial charge in [-0.1, -0.05) is 11.6 Å². The van der Waals surface area contributed by atoms with Gasteiger partial charge >= 0.3 is 6.18 Å². The minimum atomic E-state index is -4.30. The molecule has 0 aromatic carbocycles. The Balaban J connectivity index is 0.00000324. The summed E-state index contributed by atoms with van der Waals surface area (Å²) in [6.07, 6.45) is -3.13. The molecule has 1 aliphatic heterocycles. The van der Waals surface area contributed by atoms with Crippen LogP contribution >= 0.6 is 12.4 Å². The maximum atomic E-state index is 11.9. The summed E-state index contributed by atoms with van der Waals surface area (Å²) >= 11 is 0. The van der Waals surface area contributed by atoms with Gasteiger partial charge < -0.3 is 5.32 Å². The van der Waals surface area contributed by atoms with E-state index in [-0.39, 0.29) is 19.0 Å². The maximum absolute atomic E-state index is 11.9. The van der Waals surface area contributed by atoms with Gasteiger partial charge in [0.05, 0.1) is 5.75 Å². The normalized spacial score (nSPS) is 16.7. The molecule has 0 fully saturated rings. The molecule has 0 saturated heterocycles. The van der Waals surface area contributed by atoms with Gasteiger partial charge in [-0.3, -0.25) is 0 Å². The summed E-state index contributed by atoms with van der Waals surface area (Å²) in [6.45, 7) is 1.68. The van der Waals surface area contributed by atoms with Crippen LogP contribution in [0.15, 0.2) is 11.6 Å². The van der Waals surface area contributed by atoms with Crippen LogP contribution in [0.3, 0.4) is 0 Å². The second kappa shape index (κ2) is 8.08. The highest BCUT2D eigenvalue weighted by Gasteiger charge is 2.27. The number of alkyl halides is 3. The van der Waals surface area contributed by atoms with Crippen LogP contribution in [0.5, 0.6) is 0 Å². The Labute approximate surface area is 117 Å². The molecule has 1 heterocycles. The summed E-state index contributed by atoms with van der Waals surface area (Å²) in [5, 5.41) is 3.08. The van der Waals surface area contributed by atoms with Crippen molar-refractivity contribution in [2.75, 3.05) is 25.4 Å². The second-order valence-corrected chi connectivity index (χ2v) is 6.10. The van der Waals surface area contributed by atoms with Gasteiger partial charge in [0.2, 0.25) is 10.0 Å². The average molecular weight is 323 g/mol. The molecule has 9 heteroatoms. The van der Waals surface area contributed by atoms with Crippen LogP contribution in [-0.4, -0.2) is 40.0 Å². The first kappa shape index (κ1) is 18.7. The Morgan fingerprint density at radius 2 is 2.05 bits per heavy atom. The molecule has 0 aliphatic carbocycles. The van der Waals surface area contributed by atoms with Crippen LogP contribution in [0.2, 0.25) is 0 Å². The molecule has 0 atom stereocenters. The van der Waals surface area contributed by atoms with Gasteiger partial charge in [0.15, 0.2) is 0 Å². The summed E-state index contributed by atoms with van der Waals surface area (Å²) in [5.74, 6) is -0.488. The Hall–Kier alpha value is -0.310. The van der Waals surface area contributed by atoms with Crippen LogP contribution in [0.1, 0.15) is 19.3 Å². The number of rotatable bonds is 6. The molecular formula is C10H18ClF3N2O2S. The van der Waals surface area contributed by atoms with Crippen LogP contribution < -0.4 is 10.0 Å². The van der Waals surface area contributed by atoms with Gasteiger partial charge in [0.1, 0.15) is 0 Å². The first-order valence-corrected chi connectivity index (χ1v) is 7.36. The third-order valence-electron chi connectivity index (χ3n) is 2.55. The summed E-state index contributed by atoms with van der Waals surface area (Å²) in [7, 11) is -3.61. The zero-order chi connectivity index (χ0) is 13.6. The van der Waals surface area contributed by atoms with E-state index < -0.39 is 34.8 Å². The highest BCUT2D eigenvalue weighted by molar-refractivity contribution is 7.89. The van der Waals surface area contributed by atoms with Gasteiger partial charge in [-0.05, 0) is 19.4 Å². The summed E-state index contributed by atoms with van der Waals surface area (Å²) in [5.41, 5.74) is 0.966. The van der Waals surface area contributed by atoms with E-state index in [2.05, 4.69) is 10.0 Å². The molecule has 1 rings (SSSR count). The maximum Gasteiger partial charge on any atom is 0.389 e. The van der Waals surface area contributed by atoms with Crippen molar-refractivity contribution in [3.05, 3.63) is 11.6 Å². The number of nitrogens with one attached hydrogen (secondary N) is 2. The number of sulfonamides is 1. The minimum absolute atomic E-state index is 0. The highest BCUT2D eigenvalue weighted by atomic mass is 35.5. The third-order valence-corrected chi connectivity index (χ3v) is 3.96. The predicted octanol–water partition coefficient (Wildman–Crippen LogP) is 1.59. The number of hydrogen-bond donors (Lipinski definition) is 2. The lowest BCUT2D eigenvalue weighted by atomic mass is 10.1. The molecule has 0 radical (unpaired) electrons. The lowest BCUT2D eigenvalue weighted by Gasteiger charge is -2.14. The zero-order valence-corrected chi connectivity index (χ0v) is 11.9. The number of halogens is 4. The average Bonchev–Trinajstić information content (AvgIpc) is 2.26. The largest absolute Gasteiger partial charge is 0.389 e. The van der Waals surface area contributed by atoms with Gasteiger partial charge in [-0.15, -0.1) is 12.4 Å². The van der Waals surface area contributed by atoms with Crippen molar-refractivity contribution in [1.29, 1.82) is 0 Å². The topological polar surface area (TPSA) is 58.2 Å². The van der Waals surface area contributed by atoms with E-state index in [4.69, 9.17) is 0 Å². The lowest BCUT2D eigenvalue weighted by Crippen LogP contribution is -2.31. The van der Waals surface area contributed by atoms with Crippen molar-refractivity contribution in [2.45, 2.75) is 25.4 Å². The molecule has 1 aliphatic rings. The fourth-order valence-electron chi connectivity index (χ4n) is 1.57. The van der Waals surface area contributed by atoms with Crippen molar-refractivity contribution in [3.8, 4) is 0 Å². The number of hydrogen-bond acceptors (Lipinski definition) is 3. The molecule has 0 bridgehead atoms. The Kier molecular flexibility index (Phi) is 7.95. The summed E-state index contributed by atoms with van der Waals surface area (Å²) in [4.78, 5) is 0. The molecule has 0 unspecified atom stereocenters. The third kappa shape index (κ3) is 9.26. The molecule has 114 valence electrons. The van der Waals surface area contributed by atoms with Gasteiger partial charge in [-0.2, -0.15) is 13.2 Å². The van der Waals surface area contributed by atoms with E-state index in [1.54, 1.807) is 0 Å². The molecule has 2 N–H and O–H groups in total. The quantitative estimate of drug-likeness (QED) is 0.730. The summed E-state index contributed by atoms with van der Waals surface area (Å²) < 4.78 is 60.8. The molecule has 0 aromatic rings. The monoisotopic (exact) mass is 322 g/mol. The van der Waals surface area contributed by atoms with Crippen LogP contribution in [0.4, 0.5) is 13.2 Å².